The summed E-state index contributed by atoms with van der Waals surface area (Å²) in [4.78, 5) is 23.3. The monoisotopic (exact) mass is 321 g/mol. The summed E-state index contributed by atoms with van der Waals surface area (Å²) in [6.45, 7) is 3.80. The molecule has 0 spiro atoms. The van der Waals surface area contributed by atoms with E-state index in [2.05, 4.69) is 4.74 Å². The fourth-order valence-electron chi connectivity index (χ4n) is 2.35. The van der Waals surface area contributed by atoms with E-state index in [1.54, 1.807) is 0 Å². The van der Waals surface area contributed by atoms with Crippen molar-refractivity contribution in [1.29, 1.82) is 0 Å². The van der Waals surface area contributed by atoms with Crippen LogP contribution in [0.2, 0.25) is 0 Å². The van der Waals surface area contributed by atoms with Crippen molar-refractivity contribution < 1.29 is 23.8 Å². The first-order chi connectivity index (χ1) is 10.9. The Morgan fingerprint density at radius 1 is 1.09 bits per heavy atom. The van der Waals surface area contributed by atoms with Gasteiger partial charge in [0.25, 0.3) is 5.71 Å². The van der Waals surface area contributed by atoms with Crippen molar-refractivity contribution in [2.45, 2.75) is 32.7 Å². The highest BCUT2D eigenvalue weighted by Gasteiger charge is 2.30. The number of rotatable bonds is 7. The largest absolute Gasteiger partial charge is 0.623 e. The van der Waals surface area contributed by atoms with E-state index in [-0.39, 0.29) is 24.5 Å². The highest BCUT2D eigenvalue weighted by molar-refractivity contribution is 6.34. The molecule has 1 aromatic carbocycles. The van der Waals surface area contributed by atoms with Crippen LogP contribution in [0.1, 0.15) is 38.3 Å². The Hall–Kier alpha value is -2.37. The average Bonchev–Trinajstić information content (AvgIpc) is 2.55. The van der Waals surface area contributed by atoms with E-state index in [1.165, 1.54) is 14.2 Å². The number of nitrogens with zero attached hydrogens (tertiary/aromatic N) is 1. The molecule has 0 fully saturated rings. The Kier molecular flexibility index (Phi) is 7.25. The third kappa shape index (κ3) is 5.09. The van der Waals surface area contributed by atoms with Crippen molar-refractivity contribution in [2.75, 3.05) is 14.2 Å². The summed E-state index contributed by atoms with van der Waals surface area (Å²) < 4.78 is 9.92. The second-order valence-electron chi connectivity index (χ2n) is 5.44. The minimum Gasteiger partial charge on any atom is -0.623 e. The highest BCUT2D eigenvalue weighted by Crippen LogP contribution is 2.25. The number of hydrogen-bond donors (Lipinski definition) is 0. The summed E-state index contributed by atoms with van der Waals surface area (Å²) in [6, 6.07) is 8.67. The Labute approximate surface area is 136 Å². The topological polar surface area (TPSA) is 78.7 Å². The predicted molar refractivity (Wildman–Crippen MR) is 85.9 cm³/mol. The van der Waals surface area contributed by atoms with Crippen LogP contribution in [0, 0.1) is 11.1 Å². The van der Waals surface area contributed by atoms with Crippen molar-refractivity contribution in [3.05, 3.63) is 41.1 Å². The van der Waals surface area contributed by atoms with E-state index in [9.17, 15) is 14.8 Å². The molecule has 1 aromatic rings. The van der Waals surface area contributed by atoms with Crippen molar-refractivity contribution in [3.63, 3.8) is 0 Å². The van der Waals surface area contributed by atoms with Gasteiger partial charge in [-0.05, 0) is 0 Å². The fourth-order valence-corrected chi connectivity index (χ4v) is 2.35. The van der Waals surface area contributed by atoms with Gasteiger partial charge in [-0.1, -0.05) is 44.2 Å². The second kappa shape index (κ2) is 8.92. The van der Waals surface area contributed by atoms with Gasteiger partial charge in [0, 0.05) is 11.5 Å². The molecule has 0 aromatic heterocycles. The van der Waals surface area contributed by atoms with Gasteiger partial charge in [0.15, 0.2) is 6.04 Å². The van der Waals surface area contributed by atoms with Gasteiger partial charge in [-0.3, -0.25) is 4.79 Å². The molecule has 0 N–H and O–H groups in total. The second-order valence-corrected chi connectivity index (χ2v) is 5.44. The standard InChI is InChI=1S/C17H23NO5/c1-12(2)16(13-8-6-5-7-9-13)18(21)14(17(20)23-4)10-11-15(19)22-3/h5-9,12,16H,10-11H2,1-4H3. The maximum Gasteiger partial charge on any atom is 0.399 e. The number of carbonyl (C=O) groups excluding carboxylic acids is 2. The molecule has 0 amide bonds. The molecule has 0 aliphatic heterocycles. The zero-order chi connectivity index (χ0) is 17.4. The molecule has 0 saturated heterocycles. The third-order valence-corrected chi connectivity index (χ3v) is 3.51. The molecule has 126 valence electrons. The Balaban J connectivity index is 3.23. The van der Waals surface area contributed by atoms with E-state index in [0.717, 1.165) is 5.56 Å². The number of carbonyl (C=O) groups is 2. The molecule has 1 rings (SSSR count). The number of esters is 2. The first-order valence-corrected chi connectivity index (χ1v) is 7.44. The van der Waals surface area contributed by atoms with Gasteiger partial charge < -0.3 is 14.7 Å². The lowest BCUT2D eigenvalue weighted by Gasteiger charge is -2.22. The summed E-state index contributed by atoms with van der Waals surface area (Å²) in [5, 5.41) is 12.8. The van der Waals surface area contributed by atoms with Gasteiger partial charge in [-0.15, -0.1) is 0 Å². The number of hydroxylamine groups is 1. The van der Waals surface area contributed by atoms with Crippen molar-refractivity contribution in [2.24, 2.45) is 5.92 Å². The summed E-state index contributed by atoms with van der Waals surface area (Å²) in [5.41, 5.74) is 0.720. The van der Waals surface area contributed by atoms with Crippen LogP contribution in [-0.4, -0.2) is 36.6 Å². The van der Waals surface area contributed by atoms with Crippen LogP contribution in [0.15, 0.2) is 30.3 Å². The van der Waals surface area contributed by atoms with E-state index in [0.29, 0.717) is 4.74 Å². The van der Waals surface area contributed by atoms with Gasteiger partial charge >= 0.3 is 11.9 Å². The summed E-state index contributed by atoms with van der Waals surface area (Å²) in [7, 11) is 2.47. The SMILES string of the molecule is COC(=O)CCC(C(=O)OC)=[N+]([O-])C(c1ccccc1)C(C)C. The van der Waals surface area contributed by atoms with Gasteiger partial charge in [0.05, 0.1) is 27.1 Å². The smallest absolute Gasteiger partial charge is 0.399 e. The minimum absolute atomic E-state index is 0.0289. The predicted octanol–water partition coefficient (Wildman–Crippen LogP) is 2.46. The third-order valence-electron chi connectivity index (χ3n) is 3.51. The lowest BCUT2D eigenvalue weighted by atomic mass is 9.96. The molecule has 6 nitrogen and oxygen atoms in total. The van der Waals surface area contributed by atoms with Crippen LogP contribution in [0.3, 0.4) is 0 Å². The van der Waals surface area contributed by atoms with E-state index < -0.39 is 18.0 Å². The molecule has 6 heteroatoms. The molecule has 0 saturated carbocycles. The lowest BCUT2D eigenvalue weighted by Crippen LogP contribution is -2.31. The minimum atomic E-state index is -0.731. The first kappa shape index (κ1) is 18.7. The normalized spacial score (nSPS) is 13.3. The van der Waals surface area contributed by atoms with E-state index in [4.69, 9.17) is 4.74 Å². The zero-order valence-corrected chi connectivity index (χ0v) is 13.9. The molecule has 1 atom stereocenters. The average molecular weight is 321 g/mol. The Bertz CT molecular complexity index is 566. The maximum absolute atomic E-state index is 12.8. The molecule has 0 radical (unpaired) electrons. The number of benzene rings is 1. The van der Waals surface area contributed by atoms with Crippen molar-refractivity contribution in [3.8, 4) is 0 Å². The van der Waals surface area contributed by atoms with Crippen LogP contribution in [0.5, 0.6) is 0 Å². The van der Waals surface area contributed by atoms with Crippen LogP contribution in [-0.2, 0) is 19.1 Å². The quantitative estimate of drug-likeness (QED) is 0.253. The van der Waals surface area contributed by atoms with Crippen molar-refractivity contribution in [1.82, 2.24) is 0 Å². The Morgan fingerprint density at radius 3 is 2.17 bits per heavy atom. The van der Waals surface area contributed by atoms with Crippen LogP contribution < -0.4 is 0 Å². The van der Waals surface area contributed by atoms with Gasteiger partial charge in [-0.2, -0.15) is 4.74 Å². The molecule has 0 aliphatic rings. The summed E-state index contributed by atoms with van der Waals surface area (Å²) >= 11 is 0. The molecular formula is C17H23NO5. The zero-order valence-electron chi connectivity index (χ0n) is 13.9. The van der Waals surface area contributed by atoms with Gasteiger partial charge in [0.1, 0.15) is 0 Å². The van der Waals surface area contributed by atoms with Crippen LogP contribution in [0.4, 0.5) is 0 Å². The lowest BCUT2D eigenvalue weighted by molar-refractivity contribution is -0.517. The highest BCUT2D eigenvalue weighted by atomic mass is 16.5. The first-order valence-electron chi connectivity index (χ1n) is 7.44. The van der Waals surface area contributed by atoms with E-state index in [1.807, 2.05) is 44.2 Å². The number of hydrogen-bond acceptors (Lipinski definition) is 5. The van der Waals surface area contributed by atoms with Gasteiger partial charge in [-0.25, -0.2) is 4.79 Å². The molecule has 1 unspecified atom stereocenters. The number of methoxy groups -OCH3 is 2. The molecule has 0 heterocycles. The van der Waals surface area contributed by atoms with E-state index >= 15 is 0 Å². The van der Waals surface area contributed by atoms with Crippen molar-refractivity contribution >= 4 is 17.7 Å². The molecule has 0 bridgehead atoms. The van der Waals surface area contributed by atoms with Crippen LogP contribution >= 0.6 is 0 Å². The molecule has 23 heavy (non-hydrogen) atoms. The van der Waals surface area contributed by atoms with Gasteiger partial charge in [0.2, 0.25) is 0 Å². The fraction of sp³-hybridized carbons (Fsp3) is 0.471. The maximum atomic E-state index is 12.8. The van der Waals surface area contributed by atoms with Crippen LogP contribution in [0.25, 0.3) is 0 Å². The molecular weight excluding hydrogens is 298 g/mol. The summed E-state index contributed by atoms with van der Waals surface area (Å²) in [6.07, 6.45) is -0.0851. The summed E-state index contributed by atoms with van der Waals surface area (Å²) in [5.74, 6) is -1.25. The Morgan fingerprint density at radius 2 is 1.70 bits per heavy atom. The number of ether oxygens (including phenoxy) is 2. The molecule has 0 aliphatic carbocycles.